The zero-order valence-electron chi connectivity index (χ0n) is 16.6. The summed E-state index contributed by atoms with van der Waals surface area (Å²) < 4.78 is 5.43. The van der Waals surface area contributed by atoms with Crippen molar-refractivity contribution in [3.8, 4) is 0 Å². The van der Waals surface area contributed by atoms with Gasteiger partial charge < -0.3 is 14.9 Å². The van der Waals surface area contributed by atoms with Gasteiger partial charge in [0.15, 0.2) is 0 Å². The highest BCUT2D eigenvalue weighted by atomic mass is 32.2. The van der Waals surface area contributed by atoms with E-state index in [0.717, 1.165) is 34.7 Å². The molecule has 3 fully saturated rings. The number of carbonyl (C=O) groups is 1. The molecule has 0 spiro atoms. The van der Waals surface area contributed by atoms with Gasteiger partial charge >= 0.3 is 0 Å². The van der Waals surface area contributed by atoms with Crippen molar-refractivity contribution in [2.45, 2.75) is 55.9 Å². The fourth-order valence-electron chi connectivity index (χ4n) is 5.04. The Hall–Kier alpha value is -1.79. The summed E-state index contributed by atoms with van der Waals surface area (Å²) in [5.41, 5.74) is 0.960. The largest absolute Gasteiger partial charge is 0.396 e. The summed E-state index contributed by atoms with van der Waals surface area (Å²) in [5, 5.41) is 16.8. The minimum atomic E-state index is -0.201. The molecule has 0 aliphatic heterocycles. The molecule has 0 radical (unpaired) electrons. The number of rotatable bonds is 6. The van der Waals surface area contributed by atoms with E-state index in [1.807, 2.05) is 37.3 Å². The van der Waals surface area contributed by atoms with Gasteiger partial charge in [0.2, 0.25) is 5.76 Å². The van der Waals surface area contributed by atoms with Gasteiger partial charge in [0.25, 0.3) is 5.91 Å². The van der Waals surface area contributed by atoms with Crippen LogP contribution >= 0.6 is 11.8 Å². The van der Waals surface area contributed by atoms with E-state index in [2.05, 4.69) is 24.3 Å². The van der Waals surface area contributed by atoms with Crippen molar-refractivity contribution in [1.29, 1.82) is 0 Å². The quantitative estimate of drug-likeness (QED) is 0.756. The molecule has 1 aromatic heterocycles. The molecule has 1 aromatic carbocycles. The molecule has 150 valence electrons. The molecule has 3 saturated carbocycles. The number of carbonyl (C=O) groups excluding carboxylic acids is 1. The zero-order chi connectivity index (χ0) is 19.9. The van der Waals surface area contributed by atoms with Crippen LogP contribution in [-0.4, -0.2) is 28.8 Å². The van der Waals surface area contributed by atoms with Gasteiger partial charge in [-0.15, -0.1) is 0 Å². The Balaban J connectivity index is 1.55. The van der Waals surface area contributed by atoms with E-state index in [9.17, 15) is 9.90 Å². The maximum Gasteiger partial charge on any atom is 0.291 e. The minimum absolute atomic E-state index is 0.0691. The summed E-state index contributed by atoms with van der Waals surface area (Å²) in [5.74, 6) is 1.54. The molecule has 2 aromatic rings. The van der Waals surface area contributed by atoms with Crippen LogP contribution in [0.1, 0.15) is 49.4 Å². The Morgan fingerprint density at radius 1 is 1.32 bits per heavy atom. The highest BCUT2D eigenvalue weighted by Crippen LogP contribution is 2.61. The highest BCUT2D eigenvalue weighted by molar-refractivity contribution is 7.99. The Morgan fingerprint density at radius 3 is 2.75 bits per heavy atom. The summed E-state index contributed by atoms with van der Waals surface area (Å²) in [6, 6.07) is 10.0. The SMILES string of the molecule is Cc1noc(C(=O)N[C@@H]2[C@@H](CCO)C[C@@H]3C[C@H]2C3(C)C)c1Sc1ccccc1. The lowest BCUT2D eigenvalue weighted by molar-refractivity contribution is -0.114. The number of nitrogens with zero attached hydrogens (tertiary/aromatic N) is 1. The molecule has 2 bridgehead atoms. The van der Waals surface area contributed by atoms with Crippen molar-refractivity contribution in [1.82, 2.24) is 10.5 Å². The fourth-order valence-corrected chi connectivity index (χ4v) is 5.97. The van der Waals surface area contributed by atoms with Crippen molar-refractivity contribution in [2.24, 2.45) is 23.2 Å². The molecule has 1 amide bonds. The monoisotopic (exact) mass is 400 g/mol. The van der Waals surface area contributed by atoms with Crippen LogP contribution in [0.4, 0.5) is 0 Å². The third-order valence-electron chi connectivity index (χ3n) is 6.85. The second-order valence-corrected chi connectivity index (χ2v) is 9.79. The van der Waals surface area contributed by atoms with Gasteiger partial charge in [-0.05, 0) is 61.5 Å². The number of nitrogens with one attached hydrogen (secondary N) is 1. The number of benzene rings is 1. The number of aliphatic hydroxyl groups is 1. The first-order valence-electron chi connectivity index (χ1n) is 10.0. The average molecular weight is 401 g/mol. The van der Waals surface area contributed by atoms with Crippen molar-refractivity contribution in [2.75, 3.05) is 6.61 Å². The predicted octanol–water partition coefficient (Wildman–Crippen LogP) is 4.30. The minimum Gasteiger partial charge on any atom is -0.396 e. The average Bonchev–Trinajstić information content (AvgIpc) is 3.04. The Labute approximate surface area is 170 Å². The second-order valence-electron chi connectivity index (χ2n) is 8.71. The number of hydrogen-bond acceptors (Lipinski definition) is 5. The van der Waals surface area contributed by atoms with Crippen LogP contribution < -0.4 is 5.32 Å². The molecule has 5 nitrogen and oxygen atoms in total. The lowest BCUT2D eigenvalue weighted by Gasteiger charge is -2.62. The van der Waals surface area contributed by atoms with Crippen LogP contribution in [0.5, 0.6) is 0 Å². The van der Waals surface area contributed by atoms with E-state index >= 15 is 0 Å². The maximum absolute atomic E-state index is 13.1. The molecule has 5 rings (SSSR count). The standard InChI is InChI=1S/C22H28N2O3S/c1-13-20(28-16-7-5-4-6-8-16)19(27-24-13)21(26)23-18-14(9-10-25)11-15-12-17(18)22(15,2)3/h4-8,14-15,17-18,25H,9-12H2,1-3H3,(H,23,26)/t14-,15+,17+,18+/m0/s1. The van der Waals surface area contributed by atoms with Crippen LogP contribution in [0, 0.1) is 30.1 Å². The molecule has 0 unspecified atom stereocenters. The third kappa shape index (κ3) is 3.37. The van der Waals surface area contributed by atoms with Gasteiger partial charge in [0.1, 0.15) is 0 Å². The van der Waals surface area contributed by atoms with Crippen LogP contribution in [0.25, 0.3) is 0 Å². The number of aliphatic hydroxyl groups excluding tert-OH is 1. The molecular formula is C22H28N2O3S. The van der Waals surface area contributed by atoms with E-state index in [-0.39, 0.29) is 29.7 Å². The first-order valence-corrected chi connectivity index (χ1v) is 10.8. The first kappa shape index (κ1) is 19.5. The van der Waals surface area contributed by atoms with Crippen molar-refractivity contribution in [3.63, 3.8) is 0 Å². The Kier molecular flexibility index (Phi) is 5.27. The number of fused-ring (bicyclic) bond motifs is 2. The van der Waals surface area contributed by atoms with Gasteiger partial charge in [-0.25, -0.2) is 0 Å². The topological polar surface area (TPSA) is 75.4 Å². The molecule has 4 atom stereocenters. The third-order valence-corrected chi connectivity index (χ3v) is 8.04. The predicted molar refractivity (Wildman–Crippen MR) is 108 cm³/mol. The lowest BCUT2D eigenvalue weighted by atomic mass is 9.44. The van der Waals surface area contributed by atoms with Crippen LogP contribution in [0.3, 0.4) is 0 Å². The molecule has 2 N–H and O–H groups in total. The summed E-state index contributed by atoms with van der Waals surface area (Å²) in [6.07, 6.45) is 2.95. The summed E-state index contributed by atoms with van der Waals surface area (Å²) >= 11 is 1.50. The van der Waals surface area contributed by atoms with E-state index in [0.29, 0.717) is 17.8 Å². The number of hydrogen-bond donors (Lipinski definition) is 2. The van der Waals surface area contributed by atoms with Gasteiger partial charge in [0.05, 0.1) is 10.6 Å². The van der Waals surface area contributed by atoms with Crippen molar-refractivity contribution in [3.05, 3.63) is 41.8 Å². The number of aromatic nitrogens is 1. The first-order chi connectivity index (χ1) is 13.4. The summed E-state index contributed by atoms with van der Waals surface area (Å²) in [6.45, 7) is 6.62. The van der Waals surface area contributed by atoms with E-state index in [1.165, 1.54) is 11.8 Å². The molecule has 28 heavy (non-hydrogen) atoms. The molecule has 1 heterocycles. The fraction of sp³-hybridized carbons (Fsp3) is 0.545. The van der Waals surface area contributed by atoms with Gasteiger partial charge in [-0.1, -0.05) is 49.0 Å². The molecule has 3 aliphatic rings. The van der Waals surface area contributed by atoms with Crippen LogP contribution in [0.15, 0.2) is 44.6 Å². The van der Waals surface area contributed by atoms with Crippen molar-refractivity contribution >= 4 is 17.7 Å². The lowest BCUT2D eigenvalue weighted by Crippen LogP contribution is -2.63. The van der Waals surface area contributed by atoms with Gasteiger partial charge in [0, 0.05) is 17.5 Å². The second kappa shape index (κ2) is 7.56. The zero-order valence-corrected chi connectivity index (χ0v) is 17.5. The van der Waals surface area contributed by atoms with Crippen molar-refractivity contribution < 1.29 is 14.4 Å². The van der Waals surface area contributed by atoms with E-state index in [1.54, 1.807) is 0 Å². The highest BCUT2D eigenvalue weighted by Gasteiger charge is 2.57. The van der Waals surface area contributed by atoms with Crippen LogP contribution in [-0.2, 0) is 0 Å². The summed E-state index contributed by atoms with van der Waals surface area (Å²) in [7, 11) is 0. The molecule has 6 heteroatoms. The van der Waals surface area contributed by atoms with Gasteiger partial charge in [-0.2, -0.15) is 0 Å². The maximum atomic E-state index is 13.1. The molecule has 3 aliphatic carbocycles. The number of amides is 1. The summed E-state index contributed by atoms with van der Waals surface area (Å²) in [4.78, 5) is 15.0. The van der Waals surface area contributed by atoms with Gasteiger partial charge in [-0.3, -0.25) is 4.79 Å². The van der Waals surface area contributed by atoms with Crippen LogP contribution in [0.2, 0.25) is 0 Å². The molecular weight excluding hydrogens is 372 g/mol. The number of aryl methyl sites for hydroxylation is 1. The van der Waals surface area contributed by atoms with E-state index in [4.69, 9.17) is 4.52 Å². The Bertz CT molecular complexity index is 849. The smallest absolute Gasteiger partial charge is 0.291 e. The Morgan fingerprint density at radius 2 is 2.07 bits per heavy atom. The van der Waals surface area contributed by atoms with E-state index < -0.39 is 0 Å². The molecule has 0 saturated heterocycles. The normalized spacial score (nSPS) is 27.9.